The maximum atomic E-state index is 13.0. The van der Waals surface area contributed by atoms with E-state index in [0.29, 0.717) is 24.5 Å². The summed E-state index contributed by atoms with van der Waals surface area (Å²) in [5.74, 6) is 0.359. The predicted octanol–water partition coefficient (Wildman–Crippen LogP) is 3.75. The topological polar surface area (TPSA) is 58.6 Å². The molecule has 154 valence electrons. The summed E-state index contributed by atoms with van der Waals surface area (Å²) in [6.45, 7) is 5.41. The molecule has 1 aliphatic heterocycles. The van der Waals surface area contributed by atoms with E-state index in [4.69, 9.17) is 4.74 Å². The van der Waals surface area contributed by atoms with Crippen molar-refractivity contribution in [2.45, 2.75) is 38.8 Å². The normalized spacial score (nSPS) is 17.7. The Labute approximate surface area is 170 Å². The van der Waals surface area contributed by atoms with Crippen LogP contribution in [0.15, 0.2) is 48.5 Å². The molecule has 1 saturated heterocycles. The van der Waals surface area contributed by atoms with Gasteiger partial charge in [0, 0.05) is 12.1 Å². The van der Waals surface area contributed by atoms with Gasteiger partial charge in [-0.25, -0.2) is 4.39 Å². The lowest BCUT2D eigenvalue weighted by atomic mass is 10.0. The first kappa shape index (κ1) is 21.0. The van der Waals surface area contributed by atoms with Gasteiger partial charge in [-0.2, -0.15) is 0 Å². The SMILES string of the molecule is CC(=O)c1ccc([C@H](C)NC(=O)[C@H]2CCCN2CCOc2ccc(F)cc2)cc1. The molecule has 6 heteroatoms. The zero-order valence-electron chi connectivity index (χ0n) is 16.9. The van der Waals surface area contributed by atoms with E-state index in [1.54, 1.807) is 24.3 Å². The van der Waals surface area contributed by atoms with Crippen LogP contribution in [0.1, 0.15) is 48.7 Å². The molecule has 29 heavy (non-hydrogen) atoms. The first-order valence-electron chi connectivity index (χ1n) is 9.98. The van der Waals surface area contributed by atoms with Crippen molar-refractivity contribution in [1.29, 1.82) is 0 Å². The molecule has 2 atom stereocenters. The number of halogens is 1. The minimum atomic E-state index is -0.293. The van der Waals surface area contributed by atoms with E-state index in [-0.39, 0.29) is 29.6 Å². The number of nitrogens with one attached hydrogen (secondary N) is 1. The maximum Gasteiger partial charge on any atom is 0.237 e. The number of carbonyl (C=O) groups is 2. The smallest absolute Gasteiger partial charge is 0.237 e. The van der Waals surface area contributed by atoms with Crippen molar-refractivity contribution in [2.75, 3.05) is 19.7 Å². The average Bonchev–Trinajstić information content (AvgIpc) is 3.18. The highest BCUT2D eigenvalue weighted by atomic mass is 19.1. The molecule has 0 unspecified atom stereocenters. The quantitative estimate of drug-likeness (QED) is 0.688. The highest BCUT2D eigenvalue weighted by Crippen LogP contribution is 2.20. The molecule has 0 saturated carbocycles. The number of Topliss-reactive ketones (excluding diaryl/α,β-unsaturated/α-hetero) is 1. The van der Waals surface area contributed by atoms with Crippen LogP contribution in [-0.2, 0) is 4.79 Å². The lowest BCUT2D eigenvalue weighted by molar-refractivity contribution is -0.126. The van der Waals surface area contributed by atoms with E-state index in [9.17, 15) is 14.0 Å². The van der Waals surface area contributed by atoms with Gasteiger partial charge in [0.2, 0.25) is 5.91 Å². The number of likely N-dealkylation sites (tertiary alicyclic amines) is 1. The van der Waals surface area contributed by atoms with E-state index >= 15 is 0 Å². The summed E-state index contributed by atoms with van der Waals surface area (Å²) in [6, 6.07) is 13.0. The molecule has 1 aliphatic rings. The van der Waals surface area contributed by atoms with Crippen LogP contribution < -0.4 is 10.1 Å². The van der Waals surface area contributed by atoms with E-state index in [0.717, 1.165) is 24.9 Å². The molecular weight excluding hydrogens is 371 g/mol. The van der Waals surface area contributed by atoms with Gasteiger partial charge in [-0.1, -0.05) is 24.3 Å². The maximum absolute atomic E-state index is 13.0. The Balaban J connectivity index is 1.50. The van der Waals surface area contributed by atoms with Crippen molar-refractivity contribution >= 4 is 11.7 Å². The minimum absolute atomic E-state index is 0.00688. The second kappa shape index (κ2) is 9.65. The Morgan fingerprint density at radius 1 is 1.17 bits per heavy atom. The zero-order chi connectivity index (χ0) is 20.8. The van der Waals surface area contributed by atoms with E-state index < -0.39 is 0 Å². The zero-order valence-corrected chi connectivity index (χ0v) is 16.9. The lowest BCUT2D eigenvalue weighted by Crippen LogP contribution is -2.45. The van der Waals surface area contributed by atoms with Gasteiger partial charge < -0.3 is 10.1 Å². The van der Waals surface area contributed by atoms with Crippen molar-refractivity contribution in [3.63, 3.8) is 0 Å². The van der Waals surface area contributed by atoms with Crippen LogP contribution in [-0.4, -0.2) is 42.3 Å². The molecule has 0 radical (unpaired) electrons. The van der Waals surface area contributed by atoms with Crippen LogP contribution in [0.3, 0.4) is 0 Å². The van der Waals surface area contributed by atoms with E-state index in [1.807, 2.05) is 19.1 Å². The minimum Gasteiger partial charge on any atom is -0.492 e. The lowest BCUT2D eigenvalue weighted by Gasteiger charge is -2.25. The van der Waals surface area contributed by atoms with Crippen molar-refractivity contribution in [3.8, 4) is 5.75 Å². The largest absolute Gasteiger partial charge is 0.492 e. The fourth-order valence-corrected chi connectivity index (χ4v) is 3.60. The fraction of sp³-hybridized carbons (Fsp3) is 0.391. The Morgan fingerprint density at radius 3 is 2.52 bits per heavy atom. The Kier molecular flexibility index (Phi) is 6.99. The fourth-order valence-electron chi connectivity index (χ4n) is 3.60. The molecule has 1 N–H and O–H groups in total. The van der Waals surface area contributed by atoms with Gasteiger partial charge in [-0.05, 0) is 63.1 Å². The number of nitrogens with zero attached hydrogens (tertiary/aromatic N) is 1. The van der Waals surface area contributed by atoms with Crippen LogP contribution in [0, 0.1) is 5.82 Å². The van der Waals surface area contributed by atoms with Crippen molar-refractivity contribution in [3.05, 3.63) is 65.5 Å². The van der Waals surface area contributed by atoms with E-state index in [2.05, 4.69) is 10.2 Å². The standard InChI is InChI=1S/C23H27FN2O3/c1-16(18-5-7-19(8-6-18)17(2)27)25-23(28)22-4-3-13-26(22)14-15-29-21-11-9-20(24)10-12-21/h5-12,16,22H,3-4,13-15H2,1-2H3,(H,25,28)/t16-,22+/m0/s1. The molecule has 5 nitrogen and oxygen atoms in total. The molecule has 0 bridgehead atoms. The number of ether oxygens (including phenoxy) is 1. The highest BCUT2D eigenvalue weighted by molar-refractivity contribution is 5.94. The number of ketones is 1. The predicted molar refractivity (Wildman–Crippen MR) is 109 cm³/mol. The molecule has 1 amide bonds. The van der Waals surface area contributed by atoms with Crippen molar-refractivity contribution in [2.24, 2.45) is 0 Å². The second-order valence-electron chi connectivity index (χ2n) is 7.40. The summed E-state index contributed by atoms with van der Waals surface area (Å²) in [5.41, 5.74) is 1.63. The number of amides is 1. The van der Waals surface area contributed by atoms with Crippen LogP contribution in [0.2, 0.25) is 0 Å². The van der Waals surface area contributed by atoms with Gasteiger partial charge in [0.1, 0.15) is 18.2 Å². The second-order valence-corrected chi connectivity index (χ2v) is 7.40. The Bertz CT molecular complexity index is 836. The van der Waals surface area contributed by atoms with Crippen molar-refractivity contribution < 1.29 is 18.7 Å². The third kappa shape index (κ3) is 5.64. The molecule has 1 heterocycles. The summed E-state index contributed by atoms with van der Waals surface area (Å²) in [4.78, 5) is 26.3. The molecule has 0 spiro atoms. The van der Waals surface area contributed by atoms with Gasteiger partial charge in [0.25, 0.3) is 0 Å². The molecule has 2 aromatic rings. The van der Waals surface area contributed by atoms with Gasteiger partial charge in [0.05, 0.1) is 12.1 Å². The highest BCUT2D eigenvalue weighted by Gasteiger charge is 2.31. The van der Waals surface area contributed by atoms with Crippen LogP contribution in [0.4, 0.5) is 4.39 Å². The summed E-state index contributed by atoms with van der Waals surface area (Å²) in [7, 11) is 0. The summed E-state index contributed by atoms with van der Waals surface area (Å²) >= 11 is 0. The summed E-state index contributed by atoms with van der Waals surface area (Å²) in [5, 5.41) is 3.08. The van der Waals surface area contributed by atoms with Gasteiger partial charge >= 0.3 is 0 Å². The number of rotatable bonds is 8. The summed E-state index contributed by atoms with van der Waals surface area (Å²) in [6.07, 6.45) is 1.79. The molecule has 2 aromatic carbocycles. The van der Waals surface area contributed by atoms with Crippen molar-refractivity contribution in [1.82, 2.24) is 10.2 Å². The van der Waals surface area contributed by atoms with E-state index in [1.165, 1.54) is 19.1 Å². The monoisotopic (exact) mass is 398 g/mol. The third-order valence-electron chi connectivity index (χ3n) is 5.30. The number of hydrogen-bond acceptors (Lipinski definition) is 4. The molecule has 3 rings (SSSR count). The molecule has 0 aliphatic carbocycles. The van der Waals surface area contributed by atoms with Gasteiger partial charge in [0.15, 0.2) is 5.78 Å². The first-order chi connectivity index (χ1) is 13.9. The first-order valence-corrected chi connectivity index (χ1v) is 9.98. The Morgan fingerprint density at radius 2 is 1.86 bits per heavy atom. The van der Waals surface area contributed by atoms with Crippen LogP contribution in [0.5, 0.6) is 5.75 Å². The third-order valence-corrected chi connectivity index (χ3v) is 5.30. The van der Waals surface area contributed by atoms with Crippen LogP contribution in [0.25, 0.3) is 0 Å². The van der Waals surface area contributed by atoms with Gasteiger partial charge in [-0.3, -0.25) is 14.5 Å². The van der Waals surface area contributed by atoms with Gasteiger partial charge in [-0.15, -0.1) is 0 Å². The van der Waals surface area contributed by atoms with Crippen LogP contribution >= 0.6 is 0 Å². The Hall–Kier alpha value is -2.73. The summed E-state index contributed by atoms with van der Waals surface area (Å²) < 4.78 is 18.6. The average molecular weight is 398 g/mol. The number of benzene rings is 2. The number of hydrogen-bond donors (Lipinski definition) is 1. The molecule has 0 aromatic heterocycles. The number of carbonyl (C=O) groups excluding carboxylic acids is 2. The molecular formula is C23H27FN2O3. The molecule has 1 fully saturated rings.